The maximum absolute atomic E-state index is 11.8. The van der Waals surface area contributed by atoms with E-state index in [-0.39, 0.29) is 16.5 Å². The van der Waals surface area contributed by atoms with E-state index in [1.807, 2.05) is 0 Å². The van der Waals surface area contributed by atoms with Crippen molar-refractivity contribution < 1.29 is 13.6 Å². The van der Waals surface area contributed by atoms with Gasteiger partial charge in [-0.05, 0) is 25.1 Å². The summed E-state index contributed by atoms with van der Waals surface area (Å²) in [6.07, 6.45) is 0. The number of rotatable bonds is 4. The van der Waals surface area contributed by atoms with E-state index in [4.69, 9.17) is 28.4 Å². The SMILES string of the molecule is CCS(=O)(=O)[C@H](C)/C(=N\O)c1ccc(Cl)cc1Cl. The third-order valence-electron chi connectivity index (χ3n) is 2.64. The molecular weight excluding hydrogens is 297 g/mol. The second kappa shape index (κ2) is 5.91. The smallest absolute Gasteiger partial charge is 0.158 e. The van der Waals surface area contributed by atoms with Crippen LogP contribution in [-0.4, -0.2) is 30.3 Å². The molecule has 0 saturated heterocycles. The van der Waals surface area contributed by atoms with Gasteiger partial charge in [-0.2, -0.15) is 0 Å². The third kappa shape index (κ3) is 3.16. The second-order valence-electron chi connectivity index (χ2n) is 3.70. The normalized spacial score (nSPS) is 14.6. The molecule has 0 aliphatic rings. The molecule has 1 aromatic rings. The fourth-order valence-electron chi connectivity index (χ4n) is 1.47. The van der Waals surface area contributed by atoms with Crippen LogP contribution in [0.3, 0.4) is 0 Å². The minimum absolute atomic E-state index is 0.0125. The molecule has 18 heavy (non-hydrogen) atoms. The van der Waals surface area contributed by atoms with Crippen LogP contribution in [0.5, 0.6) is 0 Å². The first kappa shape index (κ1) is 15.3. The van der Waals surface area contributed by atoms with E-state index in [9.17, 15) is 8.42 Å². The fraction of sp³-hybridized carbons (Fsp3) is 0.364. The van der Waals surface area contributed by atoms with Crippen LogP contribution in [0.25, 0.3) is 0 Å². The van der Waals surface area contributed by atoms with Crippen molar-refractivity contribution in [2.75, 3.05) is 5.75 Å². The average molecular weight is 310 g/mol. The van der Waals surface area contributed by atoms with Gasteiger partial charge in [-0.15, -0.1) is 0 Å². The molecule has 0 amide bonds. The maximum atomic E-state index is 11.8. The maximum Gasteiger partial charge on any atom is 0.158 e. The van der Waals surface area contributed by atoms with Crippen molar-refractivity contribution in [3.05, 3.63) is 33.8 Å². The van der Waals surface area contributed by atoms with E-state index in [2.05, 4.69) is 5.16 Å². The van der Waals surface area contributed by atoms with Crippen molar-refractivity contribution in [2.24, 2.45) is 5.16 Å². The number of nitrogens with zero attached hydrogens (tertiary/aromatic N) is 1. The van der Waals surface area contributed by atoms with Gasteiger partial charge in [0.2, 0.25) is 0 Å². The summed E-state index contributed by atoms with van der Waals surface area (Å²) in [6.45, 7) is 2.99. The number of hydrogen-bond acceptors (Lipinski definition) is 4. The molecule has 4 nitrogen and oxygen atoms in total. The van der Waals surface area contributed by atoms with E-state index in [1.54, 1.807) is 6.07 Å². The molecule has 100 valence electrons. The summed E-state index contributed by atoms with van der Waals surface area (Å²) in [7, 11) is -3.37. The molecule has 0 aliphatic carbocycles. The van der Waals surface area contributed by atoms with Crippen LogP contribution in [0.2, 0.25) is 10.0 Å². The molecule has 1 rings (SSSR count). The zero-order valence-corrected chi connectivity index (χ0v) is 12.2. The van der Waals surface area contributed by atoms with Crippen LogP contribution in [-0.2, 0) is 9.84 Å². The predicted octanol–water partition coefficient (Wildman–Crippen LogP) is 2.99. The fourth-order valence-corrected chi connectivity index (χ4v) is 2.99. The Bertz CT molecular complexity index is 570. The molecule has 0 saturated carbocycles. The van der Waals surface area contributed by atoms with Gasteiger partial charge in [0.05, 0.1) is 5.02 Å². The molecule has 0 aromatic heterocycles. The Morgan fingerprint density at radius 3 is 2.50 bits per heavy atom. The lowest BCUT2D eigenvalue weighted by Gasteiger charge is -2.14. The summed E-state index contributed by atoms with van der Waals surface area (Å²) in [4.78, 5) is 0. The highest BCUT2D eigenvalue weighted by Gasteiger charge is 2.27. The van der Waals surface area contributed by atoms with Crippen molar-refractivity contribution in [3.63, 3.8) is 0 Å². The monoisotopic (exact) mass is 309 g/mol. The van der Waals surface area contributed by atoms with Crippen LogP contribution in [0.1, 0.15) is 19.4 Å². The number of oxime groups is 1. The topological polar surface area (TPSA) is 66.7 Å². The minimum atomic E-state index is -3.37. The Kier molecular flexibility index (Phi) is 5.01. The summed E-state index contributed by atoms with van der Waals surface area (Å²) < 4.78 is 23.6. The molecule has 7 heteroatoms. The number of sulfone groups is 1. The van der Waals surface area contributed by atoms with E-state index in [0.29, 0.717) is 10.6 Å². The van der Waals surface area contributed by atoms with Crippen LogP contribution in [0, 0.1) is 0 Å². The molecule has 0 aliphatic heterocycles. The van der Waals surface area contributed by atoms with Gasteiger partial charge in [-0.1, -0.05) is 35.3 Å². The Balaban J connectivity index is 3.28. The lowest BCUT2D eigenvalue weighted by molar-refractivity contribution is 0.318. The van der Waals surface area contributed by atoms with Crippen molar-refractivity contribution >= 4 is 38.8 Å². The summed E-state index contributed by atoms with van der Waals surface area (Å²) in [5.41, 5.74) is 0.367. The van der Waals surface area contributed by atoms with Crippen LogP contribution >= 0.6 is 23.2 Å². The highest BCUT2D eigenvalue weighted by molar-refractivity contribution is 7.92. The number of hydrogen-bond donors (Lipinski definition) is 1. The van der Waals surface area contributed by atoms with Gasteiger partial charge in [0, 0.05) is 16.3 Å². The quantitative estimate of drug-likeness (QED) is 0.528. The van der Waals surface area contributed by atoms with E-state index >= 15 is 0 Å². The molecule has 0 spiro atoms. The van der Waals surface area contributed by atoms with E-state index in [1.165, 1.54) is 26.0 Å². The predicted molar refractivity (Wildman–Crippen MR) is 73.7 cm³/mol. The van der Waals surface area contributed by atoms with Crippen LogP contribution in [0.15, 0.2) is 23.4 Å². The van der Waals surface area contributed by atoms with Crippen LogP contribution < -0.4 is 0 Å². The minimum Gasteiger partial charge on any atom is -0.411 e. The third-order valence-corrected chi connectivity index (χ3v) is 5.29. The Labute approximate surface area is 116 Å². The first-order valence-electron chi connectivity index (χ1n) is 5.22. The van der Waals surface area contributed by atoms with Crippen molar-refractivity contribution in [1.29, 1.82) is 0 Å². The largest absolute Gasteiger partial charge is 0.411 e. The molecule has 0 radical (unpaired) electrons. The Hall–Kier alpha value is -0.780. The summed E-state index contributed by atoms with van der Waals surface area (Å²) in [5, 5.41) is 11.8. The Morgan fingerprint density at radius 1 is 1.44 bits per heavy atom. The summed E-state index contributed by atoms with van der Waals surface area (Å²) in [5.74, 6) is -0.0433. The van der Waals surface area contributed by atoms with E-state index < -0.39 is 15.1 Å². The first-order valence-corrected chi connectivity index (χ1v) is 7.69. The zero-order chi connectivity index (χ0) is 13.9. The molecular formula is C11H13Cl2NO3S. The van der Waals surface area contributed by atoms with E-state index in [0.717, 1.165) is 0 Å². The number of halogens is 2. The zero-order valence-electron chi connectivity index (χ0n) is 9.89. The highest BCUT2D eigenvalue weighted by Crippen LogP contribution is 2.24. The standard InChI is InChI=1S/C11H13Cl2NO3S/c1-3-18(16,17)7(2)11(14-15)9-5-4-8(12)6-10(9)13/h4-7,15H,3H2,1-2H3/b14-11+/t7-/m1/s1. The molecule has 0 unspecified atom stereocenters. The van der Waals surface area contributed by atoms with Gasteiger partial charge in [-0.25, -0.2) is 8.42 Å². The van der Waals surface area contributed by atoms with Gasteiger partial charge in [-0.3, -0.25) is 0 Å². The molecule has 0 heterocycles. The van der Waals surface area contributed by atoms with Crippen LogP contribution in [0.4, 0.5) is 0 Å². The van der Waals surface area contributed by atoms with Crippen molar-refractivity contribution in [3.8, 4) is 0 Å². The first-order chi connectivity index (χ1) is 8.33. The molecule has 0 fully saturated rings. The molecule has 1 atom stereocenters. The number of benzene rings is 1. The highest BCUT2D eigenvalue weighted by atomic mass is 35.5. The summed E-state index contributed by atoms with van der Waals surface area (Å²) in [6, 6.07) is 4.55. The van der Waals surface area contributed by atoms with Crippen molar-refractivity contribution in [1.82, 2.24) is 0 Å². The molecule has 1 aromatic carbocycles. The average Bonchev–Trinajstić information content (AvgIpc) is 2.32. The van der Waals surface area contributed by atoms with Gasteiger partial charge < -0.3 is 5.21 Å². The van der Waals surface area contributed by atoms with Gasteiger partial charge >= 0.3 is 0 Å². The molecule has 0 bridgehead atoms. The summed E-state index contributed by atoms with van der Waals surface area (Å²) >= 11 is 11.7. The van der Waals surface area contributed by atoms with Gasteiger partial charge in [0.1, 0.15) is 11.0 Å². The van der Waals surface area contributed by atoms with Crippen molar-refractivity contribution in [2.45, 2.75) is 19.1 Å². The Morgan fingerprint density at radius 2 is 2.06 bits per heavy atom. The lowest BCUT2D eigenvalue weighted by Crippen LogP contribution is -2.29. The van der Waals surface area contributed by atoms with Gasteiger partial charge in [0.25, 0.3) is 0 Å². The van der Waals surface area contributed by atoms with Gasteiger partial charge in [0.15, 0.2) is 9.84 Å². The molecule has 1 N–H and O–H groups in total. The second-order valence-corrected chi connectivity index (χ2v) is 7.16. The lowest BCUT2D eigenvalue weighted by atomic mass is 10.1.